The highest BCUT2D eigenvalue weighted by Crippen LogP contribution is 2.25. The van der Waals surface area contributed by atoms with Crippen LogP contribution in [0.2, 0.25) is 0 Å². The van der Waals surface area contributed by atoms with Crippen molar-refractivity contribution in [2.45, 2.75) is 6.42 Å². The van der Waals surface area contributed by atoms with Crippen LogP contribution < -0.4 is 9.47 Å². The molecule has 0 amide bonds. The van der Waals surface area contributed by atoms with Gasteiger partial charge in [0.2, 0.25) is 0 Å². The van der Waals surface area contributed by atoms with Gasteiger partial charge in [0.05, 0.1) is 18.9 Å². The number of aliphatic imine (C=N–C) groups is 1. The van der Waals surface area contributed by atoms with Crippen LogP contribution in [0.1, 0.15) is 12.0 Å². The molecule has 1 aromatic rings. The van der Waals surface area contributed by atoms with Crippen molar-refractivity contribution in [1.29, 1.82) is 0 Å². The lowest BCUT2D eigenvalue weighted by molar-refractivity contribution is 0.404. The number of dihydropyridines is 1. The molecule has 0 saturated heterocycles. The lowest BCUT2D eigenvalue weighted by Gasteiger charge is -2.10. The molecule has 0 radical (unpaired) electrons. The molecule has 0 spiro atoms. The van der Waals surface area contributed by atoms with Crippen LogP contribution in [0.3, 0.4) is 0 Å². The van der Waals surface area contributed by atoms with Crippen LogP contribution in [0, 0.1) is 12.3 Å². The number of nitrogens with zero attached hydrogens (tertiary/aromatic N) is 1. The summed E-state index contributed by atoms with van der Waals surface area (Å²) in [5.41, 5.74) is 0.714. The molecule has 1 aliphatic heterocycles. The van der Waals surface area contributed by atoms with Crippen molar-refractivity contribution in [2.75, 3.05) is 13.7 Å². The summed E-state index contributed by atoms with van der Waals surface area (Å²) in [6, 6.07) is 5.40. The van der Waals surface area contributed by atoms with Crippen molar-refractivity contribution < 1.29 is 9.47 Å². The van der Waals surface area contributed by atoms with Crippen molar-refractivity contribution in [1.82, 2.24) is 0 Å². The van der Waals surface area contributed by atoms with Crippen molar-refractivity contribution in [3.05, 3.63) is 35.6 Å². The molecule has 1 aliphatic rings. The van der Waals surface area contributed by atoms with Gasteiger partial charge >= 0.3 is 0 Å². The molecular weight excluding hydrogens is 214 g/mol. The Labute approximate surface area is 101 Å². The third-order valence-electron chi connectivity index (χ3n) is 2.39. The minimum absolute atomic E-state index is 0.637. The Hall–Kier alpha value is -2.21. The van der Waals surface area contributed by atoms with E-state index in [1.165, 1.54) is 0 Å². The van der Waals surface area contributed by atoms with Gasteiger partial charge in [-0.15, -0.1) is 6.42 Å². The summed E-state index contributed by atoms with van der Waals surface area (Å²) in [7, 11) is 1.58. The van der Waals surface area contributed by atoms with Crippen LogP contribution in [-0.2, 0) is 0 Å². The molecule has 86 valence electrons. The van der Waals surface area contributed by atoms with Gasteiger partial charge in [-0.2, -0.15) is 0 Å². The molecule has 0 N–H and O–H groups in total. The van der Waals surface area contributed by atoms with Crippen molar-refractivity contribution in [2.24, 2.45) is 4.99 Å². The summed E-state index contributed by atoms with van der Waals surface area (Å²) in [5.74, 6) is 4.64. The van der Waals surface area contributed by atoms with Crippen LogP contribution in [-0.4, -0.2) is 19.9 Å². The monoisotopic (exact) mass is 227 g/mol. The number of methoxy groups -OCH3 is 1. The Morgan fingerprint density at radius 1 is 1.41 bits per heavy atom. The first-order valence-corrected chi connectivity index (χ1v) is 5.36. The van der Waals surface area contributed by atoms with E-state index in [1.807, 2.05) is 12.1 Å². The number of terminal acetylenes is 1. The molecule has 0 atom stereocenters. The molecule has 1 aromatic carbocycles. The molecule has 3 nitrogen and oxygen atoms in total. The molecule has 1 heterocycles. The van der Waals surface area contributed by atoms with Gasteiger partial charge in [0.15, 0.2) is 0 Å². The summed E-state index contributed by atoms with van der Waals surface area (Å²) in [6.45, 7) is 0.826. The first-order valence-electron chi connectivity index (χ1n) is 5.36. The molecule has 0 aromatic heterocycles. The van der Waals surface area contributed by atoms with Crippen LogP contribution in [0.25, 0.3) is 0 Å². The summed E-state index contributed by atoms with van der Waals surface area (Å²) in [4.78, 5) is 4.15. The maximum absolute atomic E-state index is 5.66. The zero-order valence-corrected chi connectivity index (χ0v) is 9.64. The predicted octanol–water partition coefficient (Wildman–Crippen LogP) is 2.41. The Kier molecular flexibility index (Phi) is 3.46. The maximum atomic E-state index is 5.66. The molecule has 0 fully saturated rings. The fourth-order valence-corrected chi connectivity index (χ4v) is 1.55. The van der Waals surface area contributed by atoms with E-state index in [4.69, 9.17) is 15.9 Å². The fraction of sp³-hybridized carbons (Fsp3) is 0.214. The predicted molar refractivity (Wildman–Crippen MR) is 67.6 cm³/mol. The highest BCUT2D eigenvalue weighted by molar-refractivity contribution is 5.77. The normalized spacial score (nSPS) is 13.8. The van der Waals surface area contributed by atoms with Gasteiger partial charge in [-0.25, -0.2) is 0 Å². The lowest BCUT2D eigenvalue weighted by Crippen LogP contribution is -2.02. The van der Waals surface area contributed by atoms with E-state index in [2.05, 4.69) is 10.9 Å². The van der Waals surface area contributed by atoms with Gasteiger partial charge in [-0.3, -0.25) is 4.99 Å². The minimum atomic E-state index is 0.637. The highest BCUT2D eigenvalue weighted by atomic mass is 16.5. The lowest BCUT2D eigenvalue weighted by atomic mass is 10.2. The van der Waals surface area contributed by atoms with Gasteiger partial charge in [0.25, 0.3) is 0 Å². The topological polar surface area (TPSA) is 30.8 Å². The number of rotatable bonds is 3. The van der Waals surface area contributed by atoms with E-state index in [1.54, 1.807) is 25.5 Å². The second-order valence-corrected chi connectivity index (χ2v) is 3.54. The van der Waals surface area contributed by atoms with E-state index < -0.39 is 0 Å². The SMILES string of the molecule is C#Cc1ccc(OC2=CCCN=C2)cc1OC. The Morgan fingerprint density at radius 2 is 2.29 bits per heavy atom. The van der Waals surface area contributed by atoms with Gasteiger partial charge in [0, 0.05) is 12.6 Å². The molecule has 3 heteroatoms. The highest BCUT2D eigenvalue weighted by Gasteiger charge is 2.05. The van der Waals surface area contributed by atoms with Crippen LogP contribution in [0.15, 0.2) is 35.0 Å². The maximum Gasteiger partial charge on any atom is 0.141 e. The van der Waals surface area contributed by atoms with Crippen molar-refractivity contribution in [3.63, 3.8) is 0 Å². The number of benzene rings is 1. The summed E-state index contributed by atoms with van der Waals surface area (Å²) >= 11 is 0. The second kappa shape index (κ2) is 5.22. The largest absolute Gasteiger partial charge is 0.495 e. The number of hydrogen-bond acceptors (Lipinski definition) is 3. The molecule has 0 aliphatic carbocycles. The zero-order valence-electron chi connectivity index (χ0n) is 9.64. The fourth-order valence-electron chi connectivity index (χ4n) is 1.55. The molecule has 0 unspecified atom stereocenters. The van der Waals surface area contributed by atoms with Gasteiger partial charge in [-0.1, -0.05) is 5.92 Å². The van der Waals surface area contributed by atoms with Gasteiger partial charge in [-0.05, 0) is 24.6 Å². The average Bonchev–Trinajstić information content (AvgIpc) is 2.40. The van der Waals surface area contributed by atoms with Crippen molar-refractivity contribution in [3.8, 4) is 23.8 Å². The summed E-state index contributed by atoms with van der Waals surface area (Å²) in [5, 5.41) is 0. The summed E-state index contributed by atoms with van der Waals surface area (Å²) < 4.78 is 10.9. The van der Waals surface area contributed by atoms with E-state index >= 15 is 0 Å². The van der Waals surface area contributed by atoms with Gasteiger partial charge in [0.1, 0.15) is 17.3 Å². The van der Waals surface area contributed by atoms with E-state index in [0.717, 1.165) is 18.7 Å². The van der Waals surface area contributed by atoms with Crippen LogP contribution >= 0.6 is 0 Å². The van der Waals surface area contributed by atoms with Crippen LogP contribution in [0.5, 0.6) is 11.5 Å². The Bertz CT molecular complexity index is 509. The molecule has 2 rings (SSSR count). The van der Waals surface area contributed by atoms with E-state index in [0.29, 0.717) is 17.1 Å². The second-order valence-electron chi connectivity index (χ2n) is 3.54. The standard InChI is InChI=1S/C14H13NO2/c1-3-11-6-7-12(9-14(11)16-2)17-13-5-4-8-15-10-13/h1,5-7,9-10H,4,8H2,2H3. The minimum Gasteiger partial charge on any atom is -0.495 e. The molecule has 17 heavy (non-hydrogen) atoms. The molecule has 0 saturated carbocycles. The average molecular weight is 227 g/mol. The van der Waals surface area contributed by atoms with E-state index in [9.17, 15) is 0 Å². The number of ether oxygens (including phenoxy) is 2. The number of allylic oxidation sites excluding steroid dienone is 1. The third-order valence-corrected chi connectivity index (χ3v) is 2.39. The molecular formula is C14H13NO2. The Morgan fingerprint density at radius 3 is 2.94 bits per heavy atom. The van der Waals surface area contributed by atoms with E-state index in [-0.39, 0.29) is 0 Å². The zero-order chi connectivity index (χ0) is 12.1. The first-order chi connectivity index (χ1) is 8.33. The van der Waals surface area contributed by atoms with Gasteiger partial charge < -0.3 is 9.47 Å². The molecule has 0 bridgehead atoms. The number of hydrogen-bond donors (Lipinski definition) is 0. The van der Waals surface area contributed by atoms with Crippen molar-refractivity contribution >= 4 is 6.21 Å². The Balaban J connectivity index is 2.20. The summed E-state index contributed by atoms with van der Waals surface area (Å²) in [6.07, 6.45) is 10.0. The van der Waals surface area contributed by atoms with Crippen LogP contribution in [0.4, 0.5) is 0 Å². The quantitative estimate of drug-likeness (QED) is 0.742. The first kappa shape index (κ1) is 11.3. The third kappa shape index (κ3) is 2.67. The smallest absolute Gasteiger partial charge is 0.141 e.